The van der Waals surface area contributed by atoms with Gasteiger partial charge in [-0.25, -0.2) is 0 Å². The van der Waals surface area contributed by atoms with Crippen LogP contribution in [0, 0.1) is 11.8 Å². The molecule has 3 aliphatic heterocycles. The molecule has 0 spiro atoms. The second-order valence-electron chi connectivity index (χ2n) is 9.33. The number of pyridine rings is 1. The van der Waals surface area contributed by atoms with E-state index in [0.29, 0.717) is 11.8 Å². The molecule has 0 aliphatic carbocycles. The van der Waals surface area contributed by atoms with E-state index in [9.17, 15) is 9.90 Å². The fraction of sp³-hybridized carbons (Fsp3) is 0.538. The Kier molecular flexibility index (Phi) is 9.92. The number of benzene rings is 1. The third-order valence-corrected chi connectivity index (χ3v) is 7.24. The summed E-state index contributed by atoms with van der Waals surface area (Å²) in [4.78, 5) is 16.8. The molecular formula is C26H36N2O8. The van der Waals surface area contributed by atoms with Crippen LogP contribution in [0.1, 0.15) is 24.5 Å². The Bertz CT molecular complexity index is 1020. The Balaban J connectivity index is 0.000000257. The highest BCUT2D eigenvalue weighted by molar-refractivity contribution is 5.84. The van der Waals surface area contributed by atoms with Crippen molar-refractivity contribution in [1.82, 2.24) is 9.88 Å². The number of nitrogens with zero attached hydrogens (tertiary/aromatic N) is 2. The van der Waals surface area contributed by atoms with Crippen molar-refractivity contribution < 1.29 is 40.2 Å². The summed E-state index contributed by atoms with van der Waals surface area (Å²) in [6, 6.07) is 7.96. The highest BCUT2D eigenvalue weighted by Gasteiger charge is 2.42. The van der Waals surface area contributed by atoms with Gasteiger partial charge in [0.15, 0.2) is 6.29 Å². The Labute approximate surface area is 210 Å². The monoisotopic (exact) mass is 504 g/mol. The van der Waals surface area contributed by atoms with Gasteiger partial charge in [0.1, 0.15) is 30.2 Å². The van der Waals surface area contributed by atoms with Crippen molar-refractivity contribution in [3.05, 3.63) is 48.7 Å². The van der Waals surface area contributed by atoms with E-state index < -0.39 is 37.1 Å². The molecule has 3 aliphatic rings. The number of carbonyl (C=O) groups is 1. The first kappa shape index (κ1) is 28.1. The van der Waals surface area contributed by atoms with Crippen LogP contribution in [0.5, 0.6) is 5.75 Å². The van der Waals surface area contributed by atoms with Crippen LogP contribution in [0.2, 0.25) is 0 Å². The molecule has 6 N–H and O–H groups in total. The van der Waals surface area contributed by atoms with Crippen molar-refractivity contribution in [2.45, 2.75) is 49.4 Å². The van der Waals surface area contributed by atoms with E-state index in [1.165, 1.54) is 6.42 Å². The number of carbonyl (C=O) groups excluding carboxylic acids is 1. The van der Waals surface area contributed by atoms with Crippen LogP contribution < -0.4 is 4.74 Å². The molecule has 1 unspecified atom stereocenters. The highest BCUT2D eigenvalue weighted by Crippen LogP contribution is 2.42. The molecular weight excluding hydrogens is 468 g/mol. The van der Waals surface area contributed by atoms with Gasteiger partial charge in [-0.2, -0.15) is 0 Å². The van der Waals surface area contributed by atoms with Gasteiger partial charge in [-0.3, -0.25) is 9.88 Å². The highest BCUT2D eigenvalue weighted by atomic mass is 16.5. The van der Waals surface area contributed by atoms with Crippen LogP contribution in [0.15, 0.2) is 43.1 Å². The van der Waals surface area contributed by atoms with Crippen LogP contribution >= 0.6 is 0 Å². The normalized spacial score (nSPS) is 27.2. The molecule has 9 atom stereocenters. The number of aldehydes is 1. The third-order valence-electron chi connectivity index (χ3n) is 7.24. The Hall–Kier alpha value is -2.44. The van der Waals surface area contributed by atoms with Gasteiger partial charge in [-0.1, -0.05) is 6.08 Å². The van der Waals surface area contributed by atoms with Crippen molar-refractivity contribution >= 4 is 17.2 Å². The number of piperidine rings is 3. The van der Waals surface area contributed by atoms with E-state index in [1.54, 1.807) is 13.3 Å². The second-order valence-corrected chi connectivity index (χ2v) is 9.33. The van der Waals surface area contributed by atoms with E-state index in [1.807, 2.05) is 24.3 Å². The fourth-order valence-corrected chi connectivity index (χ4v) is 5.06. The molecule has 4 heterocycles. The smallest absolute Gasteiger partial charge is 0.151 e. The number of aliphatic hydroxyl groups is 6. The molecule has 3 fully saturated rings. The van der Waals surface area contributed by atoms with Gasteiger partial charge in [0.25, 0.3) is 0 Å². The predicted octanol–water partition coefficient (Wildman–Crippen LogP) is -0.206. The average molecular weight is 505 g/mol. The summed E-state index contributed by atoms with van der Waals surface area (Å²) >= 11 is 0. The molecule has 198 valence electrons. The maximum absolute atomic E-state index is 11.2. The molecule has 0 saturated carbocycles. The van der Waals surface area contributed by atoms with Gasteiger partial charge in [0.2, 0.25) is 0 Å². The molecule has 0 amide bonds. The molecule has 36 heavy (non-hydrogen) atoms. The molecule has 1 aromatic heterocycles. The summed E-state index contributed by atoms with van der Waals surface area (Å²) < 4.78 is 5.35. The molecule has 10 heteroatoms. The van der Waals surface area contributed by atoms with Crippen LogP contribution in [0.25, 0.3) is 10.9 Å². The zero-order valence-corrected chi connectivity index (χ0v) is 20.3. The van der Waals surface area contributed by atoms with Crippen molar-refractivity contribution in [1.29, 1.82) is 0 Å². The minimum absolute atomic E-state index is 0.0258. The van der Waals surface area contributed by atoms with Crippen LogP contribution in [-0.4, -0.2) is 104 Å². The van der Waals surface area contributed by atoms with Gasteiger partial charge < -0.3 is 40.2 Å². The van der Waals surface area contributed by atoms with Crippen LogP contribution in [0.4, 0.5) is 0 Å². The van der Waals surface area contributed by atoms with Crippen molar-refractivity contribution in [3.8, 4) is 5.75 Å². The minimum Gasteiger partial charge on any atom is -0.497 e. The van der Waals surface area contributed by atoms with Gasteiger partial charge >= 0.3 is 0 Å². The summed E-state index contributed by atoms with van der Waals surface area (Å²) in [5.74, 6) is 2.01. The topological polar surface area (TPSA) is 164 Å². The lowest BCUT2D eigenvalue weighted by molar-refractivity contribution is -0.136. The maximum atomic E-state index is 11.2. The van der Waals surface area contributed by atoms with Gasteiger partial charge in [-0.05, 0) is 61.1 Å². The number of aromatic nitrogens is 1. The first-order valence-corrected chi connectivity index (χ1v) is 12.0. The van der Waals surface area contributed by atoms with E-state index in [-0.39, 0.29) is 12.3 Å². The average Bonchev–Trinajstić information content (AvgIpc) is 2.94. The Morgan fingerprint density at radius 3 is 2.53 bits per heavy atom. The fourth-order valence-electron chi connectivity index (χ4n) is 5.06. The van der Waals surface area contributed by atoms with E-state index in [2.05, 4.69) is 22.5 Å². The summed E-state index contributed by atoms with van der Waals surface area (Å²) in [6.45, 7) is 5.31. The van der Waals surface area contributed by atoms with E-state index in [0.717, 1.165) is 41.7 Å². The van der Waals surface area contributed by atoms with Crippen molar-refractivity contribution in [2.24, 2.45) is 11.8 Å². The largest absolute Gasteiger partial charge is 0.497 e. The molecule has 2 bridgehead atoms. The quantitative estimate of drug-likeness (QED) is 0.199. The number of ether oxygens (including phenoxy) is 1. The number of rotatable bonds is 9. The lowest BCUT2D eigenvalue weighted by Crippen LogP contribution is -2.54. The zero-order valence-electron chi connectivity index (χ0n) is 20.3. The SMILES string of the molecule is C=C[C@H]1CN2CC[C@H]1C[C@@H]2[C@@H](O)c1ccnc2ccc(OC)cc12.O=C[C@H](O)[C@@H](O)[C@H](O)[C@H](O)CO. The number of hydrogen-bond donors (Lipinski definition) is 6. The molecule has 2 aromatic rings. The first-order valence-electron chi connectivity index (χ1n) is 12.0. The molecule has 1 aromatic carbocycles. The molecule has 5 rings (SSSR count). The minimum atomic E-state index is -1.79. The number of fused-ring (bicyclic) bond motifs is 4. The summed E-state index contributed by atoms with van der Waals surface area (Å²) in [5, 5.41) is 55.7. The maximum Gasteiger partial charge on any atom is 0.151 e. The molecule has 0 radical (unpaired) electrons. The molecule has 10 nitrogen and oxygen atoms in total. The van der Waals surface area contributed by atoms with Gasteiger partial charge in [0, 0.05) is 24.2 Å². The lowest BCUT2D eigenvalue weighted by atomic mass is 9.73. The summed E-state index contributed by atoms with van der Waals surface area (Å²) in [5.41, 5.74) is 1.85. The number of aliphatic hydroxyl groups excluding tert-OH is 6. The Morgan fingerprint density at radius 1 is 1.19 bits per heavy atom. The lowest BCUT2D eigenvalue weighted by Gasteiger charge is -2.50. The van der Waals surface area contributed by atoms with Gasteiger partial charge in [-0.15, -0.1) is 6.58 Å². The predicted molar refractivity (Wildman–Crippen MR) is 132 cm³/mol. The zero-order chi connectivity index (χ0) is 26.4. The number of methoxy groups -OCH3 is 1. The van der Waals surface area contributed by atoms with Crippen LogP contribution in [-0.2, 0) is 4.79 Å². The third kappa shape index (κ3) is 6.09. The van der Waals surface area contributed by atoms with E-state index in [4.69, 9.17) is 30.3 Å². The summed E-state index contributed by atoms with van der Waals surface area (Å²) in [6.07, 6.45) is -1.22. The first-order chi connectivity index (χ1) is 17.2. The molecule has 3 saturated heterocycles. The second kappa shape index (κ2) is 12.7. The standard InChI is InChI=1S/C20H24N2O2.C6H12O6/c1-3-13-12-22-9-7-14(13)10-19(22)20(23)16-6-8-21-18-5-4-15(24-2)11-17(16)18;7-1-3(9)5(11)6(12)4(10)2-8/h3-6,8,11,13-14,19-20,23H,1,7,9-10,12H2,2H3;1,3-6,8-12H,2H2/t13-,14-,19+,20-;3-,4+,5+,6+/m00/s1. The Morgan fingerprint density at radius 2 is 1.94 bits per heavy atom. The van der Waals surface area contributed by atoms with Crippen molar-refractivity contribution in [3.63, 3.8) is 0 Å². The van der Waals surface area contributed by atoms with Crippen LogP contribution in [0.3, 0.4) is 0 Å². The van der Waals surface area contributed by atoms with E-state index >= 15 is 0 Å². The summed E-state index contributed by atoms with van der Waals surface area (Å²) in [7, 11) is 1.66. The van der Waals surface area contributed by atoms with Gasteiger partial charge in [0.05, 0.1) is 25.3 Å². The number of hydrogen-bond acceptors (Lipinski definition) is 10. The van der Waals surface area contributed by atoms with Crippen molar-refractivity contribution in [2.75, 3.05) is 26.8 Å².